The first-order chi connectivity index (χ1) is 9.01. The minimum Gasteiger partial charge on any atom is -0.481 e. The normalized spacial score (nSPS) is 35.8. The second-order valence-electron chi connectivity index (χ2n) is 6.55. The molecular weight excluding hydrogens is 244 g/mol. The molecule has 2 fully saturated rings. The molecule has 3 atom stereocenters. The summed E-state index contributed by atoms with van der Waals surface area (Å²) in [5.41, 5.74) is 0.109. The Balaban J connectivity index is 2.06. The fourth-order valence-electron chi connectivity index (χ4n) is 4.24. The third-order valence-corrected chi connectivity index (χ3v) is 5.04. The molecule has 0 amide bonds. The molecular formula is C15H24O4. The third kappa shape index (κ3) is 3.71. The van der Waals surface area contributed by atoms with Crippen molar-refractivity contribution in [1.82, 2.24) is 0 Å². The van der Waals surface area contributed by atoms with E-state index >= 15 is 0 Å². The Morgan fingerprint density at radius 1 is 1.00 bits per heavy atom. The standard InChI is InChI=1S/C15H24O4/c16-13(17)8-11-4-3-7-15(9-11)6-2-1-5-12(10-15)14(18)19/h11-12H,1-10H2,(H,16,17)(H,18,19). The fraction of sp³-hybridized carbons (Fsp3) is 0.867. The van der Waals surface area contributed by atoms with Crippen LogP contribution in [-0.2, 0) is 9.59 Å². The molecule has 2 rings (SSSR count). The molecule has 0 aromatic rings. The molecule has 0 saturated heterocycles. The van der Waals surface area contributed by atoms with Gasteiger partial charge in [-0.15, -0.1) is 0 Å². The fourth-order valence-corrected chi connectivity index (χ4v) is 4.24. The van der Waals surface area contributed by atoms with Crippen molar-refractivity contribution in [1.29, 1.82) is 0 Å². The molecule has 108 valence electrons. The quantitative estimate of drug-likeness (QED) is 0.823. The molecule has 0 radical (unpaired) electrons. The predicted molar refractivity (Wildman–Crippen MR) is 70.9 cm³/mol. The largest absolute Gasteiger partial charge is 0.481 e. The van der Waals surface area contributed by atoms with Crippen LogP contribution >= 0.6 is 0 Å². The first-order valence-corrected chi connectivity index (χ1v) is 7.45. The zero-order valence-corrected chi connectivity index (χ0v) is 11.4. The Labute approximate surface area is 114 Å². The van der Waals surface area contributed by atoms with Crippen molar-refractivity contribution >= 4 is 11.9 Å². The average molecular weight is 268 g/mol. The summed E-state index contributed by atoms with van der Waals surface area (Å²) in [6.45, 7) is 0. The number of hydrogen-bond acceptors (Lipinski definition) is 2. The van der Waals surface area contributed by atoms with E-state index in [0.29, 0.717) is 0 Å². The summed E-state index contributed by atoms with van der Waals surface area (Å²) in [5, 5.41) is 18.2. The average Bonchev–Trinajstić information content (AvgIpc) is 2.51. The van der Waals surface area contributed by atoms with E-state index in [-0.39, 0.29) is 23.7 Å². The van der Waals surface area contributed by atoms with Gasteiger partial charge in [-0.25, -0.2) is 0 Å². The highest BCUT2D eigenvalue weighted by Crippen LogP contribution is 2.50. The van der Waals surface area contributed by atoms with Gasteiger partial charge in [0.15, 0.2) is 0 Å². The molecule has 0 heterocycles. The van der Waals surface area contributed by atoms with Gasteiger partial charge in [0.25, 0.3) is 0 Å². The van der Waals surface area contributed by atoms with Crippen molar-refractivity contribution < 1.29 is 19.8 Å². The number of hydrogen-bond donors (Lipinski definition) is 2. The van der Waals surface area contributed by atoms with Crippen molar-refractivity contribution in [3.63, 3.8) is 0 Å². The van der Waals surface area contributed by atoms with Crippen LogP contribution in [0.5, 0.6) is 0 Å². The topological polar surface area (TPSA) is 74.6 Å². The smallest absolute Gasteiger partial charge is 0.306 e. The molecule has 1 spiro atoms. The van der Waals surface area contributed by atoms with Crippen molar-refractivity contribution in [2.45, 2.75) is 64.2 Å². The molecule has 2 N–H and O–H groups in total. The lowest BCUT2D eigenvalue weighted by Crippen LogP contribution is -2.32. The number of rotatable bonds is 3. The van der Waals surface area contributed by atoms with E-state index in [0.717, 1.165) is 57.8 Å². The monoisotopic (exact) mass is 268 g/mol. The van der Waals surface area contributed by atoms with Crippen LogP contribution in [0.1, 0.15) is 64.2 Å². The highest BCUT2D eigenvalue weighted by molar-refractivity contribution is 5.70. The summed E-state index contributed by atoms with van der Waals surface area (Å²) < 4.78 is 0. The summed E-state index contributed by atoms with van der Waals surface area (Å²) in [6, 6.07) is 0. The first kappa shape index (κ1) is 14.4. The van der Waals surface area contributed by atoms with Crippen LogP contribution in [0.3, 0.4) is 0 Å². The Bertz CT molecular complexity index is 352. The van der Waals surface area contributed by atoms with Crippen LogP contribution < -0.4 is 0 Å². The summed E-state index contributed by atoms with van der Waals surface area (Å²) in [5.74, 6) is -1.35. The highest BCUT2D eigenvalue weighted by Gasteiger charge is 2.41. The molecule has 0 aromatic carbocycles. The molecule has 4 heteroatoms. The molecule has 4 nitrogen and oxygen atoms in total. The molecule has 3 unspecified atom stereocenters. The Morgan fingerprint density at radius 3 is 2.42 bits per heavy atom. The molecule has 0 bridgehead atoms. The van der Waals surface area contributed by atoms with E-state index < -0.39 is 11.9 Å². The Hall–Kier alpha value is -1.06. The van der Waals surface area contributed by atoms with Gasteiger partial charge in [0.2, 0.25) is 0 Å². The lowest BCUT2D eigenvalue weighted by molar-refractivity contribution is -0.144. The molecule has 2 aliphatic carbocycles. The van der Waals surface area contributed by atoms with Crippen LogP contribution in [0.2, 0.25) is 0 Å². The summed E-state index contributed by atoms with van der Waals surface area (Å²) in [7, 11) is 0. The summed E-state index contributed by atoms with van der Waals surface area (Å²) in [6.07, 6.45) is 9.06. The molecule has 0 aliphatic heterocycles. The van der Waals surface area contributed by atoms with Gasteiger partial charge >= 0.3 is 11.9 Å². The van der Waals surface area contributed by atoms with Gasteiger partial charge < -0.3 is 10.2 Å². The SMILES string of the molecule is O=C(O)CC1CCCC2(CCCCC(C(=O)O)C2)C1. The number of carboxylic acids is 2. The maximum absolute atomic E-state index is 11.3. The first-order valence-electron chi connectivity index (χ1n) is 7.45. The molecule has 2 saturated carbocycles. The number of carbonyl (C=O) groups is 2. The van der Waals surface area contributed by atoms with Gasteiger partial charge in [0.1, 0.15) is 0 Å². The van der Waals surface area contributed by atoms with Crippen molar-refractivity contribution in [2.24, 2.45) is 17.3 Å². The lowest BCUT2D eigenvalue weighted by atomic mass is 9.64. The zero-order chi connectivity index (χ0) is 13.9. The number of carboxylic acid groups (broad SMARTS) is 2. The molecule has 0 aromatic heterocycles. The van der Waals surface area contributed by atoms with Crippen molar-refractivity contribution in [2.75, 3.05) is 0 Å². The minimum absolute atomic E-state index is 0.109. The van der Waals surface area contributed by atoms with Crippen molar-refractivity contribution in [3.05, 3.63) is 0 Å². The van der Waals surface area contributed by atoms with Crippen LogP contribution in [0.15, 0.2) is 0 Å². The van der Waals surface area contributed by atoms with Gasteiger partial charge in [-0.2, -0.15) is 0 Å². The van der Waals surface area contributed by atoms with Gasteiger partial charge in [-0.3, -0.25) is 9.59 Å². The Kier molecular flexibility index (Phi) is 4.48. The van der Waals surface area contributed by atoms with E-state index in [2.05, 4.69) is 0 Å². The maximum atomic E-state index is 11.3. The molecule has 19 heavy (non-hydrogen) atoms. The van der Waals surface area contributed by atoms with Crippen LogP contribution in [0, 0.1) is 17.3 Å². The van der Waals surface area contributed by atoms with Crippen LogP contribution in [0.4, 0.5) is 0 Å². The van der Waals surface area contributed by atoms with Crippen LogP contribution in [-0.4, -0.2) is 22.2 Å². The van der Waals surface area contributed by atoms with E-state index in [1.165, 1.54) is 0 Å². The van der Waals surface area contributed by atoms with E-state index in [1.807, 2.05) is 0 Å². The second kappa shape index (κ2) is 5.93. The highest BCUT2D eigenvalue weighted by atomic mass is 16.4. The van der Waals surface area contributed by atoms with Gasteiger partial charge in [-0.1, -0.05) is 19.3 Å². The zero-order valence-electron chi connectivity index (χ0n) is 11.4. The second-order valence-corrected chi connectivity index (χ2v) is 6.55. The summed E-state index contributed by atoms with van der Waals surface area (Å²) >= 11 is 0. The third-order valence-electron chi connectivity index (χ3n) is 5.04. The molecule has 2 aliphatic rings. The maximum Gasteiger partial charge on any atom is 0.306 e. The predicted octanol–water partition coefficient (Wildman–Crippen LogP) is 3.30. The summed E-state index contributed by atoms with van der Waals surface area (Å²) in [4.78, 5) is 22.2. The van der Waals surface area contributed by atoms with E-state index in [1.54, 1.807) is 0 Å². The Morgan fingerprint density at radius 2 is 1.74 bits per heavy atom. The number of aliphatic carboxylic acids is 2. The van der Waals surface area contributed by atoms with Gasteiger partial charge in [0, 0.05) is 6.42 Å². The lowest BCUT2D eigenvalue weighted by Gasteiger charge is -2.41. The van der Waals surface area contributed by atoms with E-state index in [4.69, 9.17) is 5.11 Å². The van der Waals surface area contributed by atoms with Crippen molar-refractivity contribution in [3.8, 4) is 0 Å². The van der Waals surface area contributed by atoms with Gasteiger partial charge in [0.05, 0.1) is 5.92 Å². The van der Waals surface area contributed by atoms with Crippen LogP contribution in [0.25, 0.3) is 0 Å². The minimum atomic E-state index is -0.717. The van der Waals surface area contributed by atoms with Gasteiger partial charge in [-0.05, 0) is 49.9 Å². The van der Waals surface area contributed by atoms with E-state index in [9.17, 15) is 14.7 Å².